The van der Waals surface area contributed by atoms with E-state index >= 15 is 0 Å². The molecule has 22 heavy (non-hydrogen) atoms. The monoisotopic (exact) mass is 341 g/mol. The first-order chi connectivity index (χ1) is 10.6. The number of hydrogen-bond donors (Lipinski definition) is 0. The lowest BCUT2D eigenvalue weighted by Gasteiger charge is -2.23. The largest absolute Gasteiger partial charge is 0.380 e. The number of ether oxygens (including phenoxy) is 1. The molecule has 2 aromatic rings. The second-order valence-corrected chi connectivity index (χ2v) is 6.26. The first-order valence-electron chi connectivity index (χ1n) is 6.99. The van der Waals surface area contributed by atoms with Crippen molar-refractivity contribution in [2.75, 3.05) is 13.7 Å². The van der Waals surface area contributed by atoms with Gasteiger partial charge in [-0.1, -0.05) is 23.2 Å². The smallest absolute Gasteiger partial charge is 0.150 e. The maximum absolute atomic E-state index is 6.24. The Morgan fingerprint density at radius 1 is 1.41 bits per heavy atom. The Balaban J connectivity index is 1.85. The van der Waals surface area contributed by atoms with Gasteiger partial charge in [-0.25, -0.2) is 0 Å². The van der Waals surface area contributed by atoms with E-state index in [0.717, 1.165) is 24.5 Å². The molecule has 118 valence electrons. The summed E-state index contributed by atoms with van der Waals surface area (Å²) in [5, 5.41) is 9.32. The van der Waals surface area contributed by atoms with Crippen LogP contribution in [-0.4, -0.2) is 44.4 Å². The fraction of sp³-hybridized carbons (Fsp3) is 0.500. The molecule has 0 unspecified atom stereocenters. The molecule has 1 aliphatic heterocycles. The Labute approximate surface area is 139 Å². The Bertz CT molecular complexity index is 662. The number of nitrogens with zero attached hydrogens (tertiary/aromatic N) is 5. The Morgan fingerprint density at radius 2 is 2.23 bits per heavy atom. The summed E-state index contributed by atoms with van der Waals surface area (Å²) in [6, 6.07) is 1.85. The fourth-order valence-electron chi connectivity index (χ4n) is 2.82. The van der Waals surface area contributed by atoms with Crippen molar-refractivity contribution >= 4 is 23.2 Å². The molecule has 0 N–H and O–H groups in total. The van der Waals surface area contributed by atoms with E-state index in [2.05, 4.69) is 20.1 Å². The van der Waals surface area contributed by atoms with Gasteiger partial charge in [-0.3, -0.25) is 9.88 Å². The SMILES string of the molecule is CO[C@@H]1C[C@@H](c2nncn2C)N(Cc2ncc(Cl)cc2Cl)C1. The molecule has 0 aliphatic carbocycles. The summed E-state index contributed by atoms with van der Waals surface area (Å²) in [6.45, 7) is 1.42. The minimum Gasteiger partial charge on any atom is -0.380 e. The van der Waals surface area contributed by atoms with E-state index in [9.17, 15) is 0 Å². The molecule has 8 heteroatoms. The zero-order valence-corrected chi connectivity index (χ0v) is 13.9. The Hall–Kier alpha value is -1.21. The third-order valence-corrected chi connectivity index (χ3v) is 4.51. The van der Waals surface area contributed by atoms with Gasteiger partial charge < -0.3 is 9.30 Å². The summed E-state index contributed by atoms with van der Waals surface area (Å²) in [5.41, 5.74) is 0.801. The first-order valence-corrected chi connectivity index (χ1v) is 7.74. The molecule has 0 saturated carbocycles. The van der Waals surface area contributed by atoms with Crippen LogP contribution in [-0.2, 0) is 18.3 Å². The van der Waals surface area contributed by atoms with Crippen LogP contribution in [0.25, 0.3) is 0 Å². The van der Waals surface area contributed by atoms with Crippen molar-refractivity contribution in [3.8, 4) is 0 Å². The zero-order chi connectivity index (χ0) is 15.7. The van der Waals surface area contributed by atoms with E-state index in [1.54, 1.807) is 25.7 Å². The molecule has 1 saturated heterocycles. The maximum Gasteiger partial charge on any atom is 0.150 e. The number of aryl methyl sites for hydroxylation is 1. The van der Waals surface area contributed by atoms with E-state index in [1.807, 2.05) is 11.6 Å². The van der Waals surface area contributed by atoms with Gasteiger partial charge in [0.1, 0.15) is 12.2 Å². The highest BCUT2D eigenvalue weighted by molar-refractivity contribution is 6.34. The fourth-order valence-corrected chi connectivity index (χ4v) is 3.26. The van der Waals surface area contributed by atoms with E-state index in [-0.39, 0.29) is 12.1 Å². The summed E-state index contributed by atoms with van der Waals surface area (Å²) in [6.07, 6.45) is 4.35. The Morgan fingerprint density at radius 3 is 2.86 bits per heavy atom. The lowest BCUT2D eigenvalue weighted by atomic mass is 10.2. The molecule has 0 amide bonds. The third kappa shape index (κ3) is 3.10. The summed E-state index contributed by atoms with van der Waals surface area (Å²) < 4.78 is 7.46. The minimum atomic E-state index is 0.131. The highest BCUT2D eigenvalue weighted by atomic mass is 35.5. The lowest BCUT2D eigenvalue weighted by Crippen LogP contribution is -2.26. The van der Waals surface area contributed by atoms with Gasteiger partial charge in [0.05, 0.1) is 27.9 Å². The molecule has 3 heterocycles. The quantitative estimate of drug-likeness (QED) is 0.854. The normalized spacial score (nSPS) is 22.4. The van der Waals surface area contributed by atoms with Crippen LogP contribution in [0, 0.1) is 0 Å². The van der Waals surface area contributed by atoms with Crippen LogP contribution in [0.1, 0.15) is 24.0 Å². The molecular weight excluding hydrogens is 325 g/mol. The third-order valence-electron chi connectivity index (χ3n) is 3.98. The van der Waals surface area contributed by atoms with E-state index in [1.165, 1.54) is 0 Å². The van der Waals surface area contributed by atoms with Crippen LogP contribution in [0.15, 0.2) is 18.6 Å². The standard InChI is InChI=1S/C14H17Cl2N5O/c1-20-8-18-19-14(20)13-4-10(22-2)6-21(13)7-12-11(16)3-9(15)5-17-12/h3,5,8,10,13H,4,6-7H2,1-2H3/t10-,13+/m1/s1. The molecule has 2 aromatic heterocycles. The van der Waals surface area contributed by atoms with Crippen molar-refractivity contribution in [3.63, 3.8) is 0 Å². The van der Waals surface area contributed by atoms with Gasteiger partial charge in [0.2, 0.25) is 0 Å². The topological polar surface area (TPSA) is 56.1 Å². The summed E-state index contributed by atoms with van der Waals surface area (Å²) in [7, 11) is 3.68. The van der Waals surface area contributed by atoms with Crippen LogP contribution < -0.4 is 0 Å². The molecule has 3 rings (SSSR count). The molecule has 0 aromatic carbocycles. The van der Waals surface area contributed by atoms with Crippen LogP contribution in [0.4, 0.5) is 0 Å². The van der Waals surface area contributed by atoms with Gasteiger partial charge >= 0.3 is 0 Å². The lowest BCUT2D eigenvalue weighted by molar-refractivity contribution is 0.107. The molecule has 0 spiro atoms. The molecule has 2 atom stereocenters. The van der Waals surface area contributed by atoms with Gasteiger partial charge in [-0.2, -0.15) is 0 Å². The minimum absolute atomic E-state index is 0.131. The number of aromatic nitrogens is 4. The van der Waals surface area contributed by atoms with Crippen LogP contribution >= 0.6 is 23.2 Å². The maximum atomic E-state index is 6.24. The van der Waals surface area contributed by atoms with Crippen molar-refractivity contribution in [2.45, 2.75) is 25.1 Å². The molecular formula is C14H17Cl2N5O. The number of halogens is 2. The average Bonchev–Trinajstić information content (AvgIpc) is 3.07. The highest BCUT2D eigenvalue weighted by Gasteiger charge is 2.36. The van der Waals surface area contributed by atoms with Crippen molar-refractivity contribution in [2.24, 2.45) is 7.05 Å². The van der Waals surface area contributed by atoms with E-state index in [4.69, 9.17) is 27.9 Å². The van der Waals surface area contributed by atoms with Crippen molar-refractivity contribution in [3.05, 3.63) is 40.2 Å². The van der Waals surface area contributed by atoms with Crippen molar-refractivity contribution in [1.29, 1.82) is 0 Å². The highest BCUT2D eigenvalue weighted by Crippen LogP contribution is 2.34. The summed E-state index contributed by atoms with van der Waals surface area (Å²) in [4.78, 5) is 6.61. The number of pyridine rings is 1. The molecule has 1 aliphatic rings. The number of methoxy groups -OCH3 is 1. The van der Waals surface area contributed by atoms with Crippen LogP contribution in [0.3, 0.4) is 0 Å². The van der Waals surface area contributed by atoms with Gasteiger partial charge in [0.15, 0.2) is 0 Å². The number of likely N-dealkylation sites (tertiary alicyclic amines) is 1. The Kier molecular flexibility index (Phi) is 4.63. The second-order valence-electron chi connectivity index (χ2n) is 5.42. The number of rotatable bonds is 4. The summed E-state index contributed by atoms with van der Waals surface area (Å²) >= 11 is 12.2. The van der Waals surface area contributed by atoms with Crippen molar-refractivity contribution < 1.29 is 4.74 Å². The van der Waals surface area contributed by atoms with Crippen molar-refractivity contribution in [1.82, 2.24) is 24.6 Å². The summed E-state index contributed by atoms with van der Waals surface area (Å²) in [5.74, 6) is 0.921. The number of hydrogen-bond acceptors (Lipinski definition) is 5. The first kappa shape index (κ1) is 15.7. The van der Waals surface area contributed by atoms with E-state index in [0.29, 0.717) is 16.6 Å². The van der Waals surface area contributed by atoms with Crippen LogP contribution in [0.2, 0.25) is 10.0 Å². The predicted octanol–water partition coefficient (Wildman–Crippen LogP) is 2.48. The van der Waals surface area contributed by atoms with Gasteiger partial charge in [-0.15, -0.1) is 10.2 Å². The molecule has 0 radical (unpaired) electrons. The van der Waals surface area contributed by atoms with Gasteiger partial charge in [0, 0.05) is 33.4 Å². The second kappa shape index (κ2) is 6.50. The van der Waals surface area contributed by atoms with Crippen LogP contribution in [0.5, 0.6) is 0 Å². The van der Waals surface area contributed by atoms with Gasteiger partial charge in [-0.05, 0) is 12.5 Å². The molecule has 0 bridgehead atoms. The molecule has 1 fully saturated rings. The predicted molar refractivity (Wildman–Crippen MR) is 83.8 cm³/mol. The van der Waals surface area contributed by atoms with Gasteiger partial charge in [0.25, 0.3) is 0 Å². The molecule has 6 nitrogen and oxygen atoms in total. The average molecular weight is 342 g/mol. The van der Waals surface area contributed by atoms with E-state index < -0.39 is 0 Å². The zero-order valence-electron chi connectivity index (χ0n) is 12.4.